The van der Waals surface area contributed by atoms with Crippen LogP contribution in [0.4, 0.5) is 0 Å². The number of aromatic nitrogens is 2. The van der Waals surface area contributed by atoms with Gasteiger partial charge in [-0.05, 0) is 26.7 Å². The molecule has 17 heavy (non-hydrogen) atoms. The smallest absolute Gasteiger partial charge is 0.0644 e. The van der Waals surface area contributed by atoms with Crippen LogP contribution in [0.3, 0.4) is 0 Å². The van der Waals surface area contributed by atoms with Gasteiger partial charge in [-0.3, -0.25) is 9.58 Å². The number of likely N-dealkylation sites (tertiary alicyclic amines) is 1. The van der Waals surface area contributed by atoms with Crippen molar-refractivity contribution in [2.45, 2.75) is 39.8 Å². The van der Waals surface area contributed by atoms with Gasteiger partial charge in [-0.1, -0.05) is 6.92 Å². The molecule has 0 spiro atoms. The number of nitrogens with zero attached hydrogens (tertiary/aromatic N) is 3. The van der Waals surface area contributed by atoms with E-state index < -0.39 is 0 Å². The Balaban J connectivity index is 2.23. The number of hydrogen-bond acceptors (Lipinski definition) is 3. The molecule has 0 aromatic carbocycles. The summed E-state index contributed by atoms with van der Waals surface area (Å²) in [5, 5.41) is 4.50. The van der Waals surface area contributed by atoms with Gasteiger partial charge in [0.1, 0.15) is 0 Å². The lowest BCUT2D eigenvalue weighted by atomic mass is 10.1. The predicted molar refractivity (Wildman–Crippen MR) is 69.8 cm³/mol. The maximum Gasteiger partial charge on any atom is 0.0644 e. The molecule has 1 fully saturated rings. The van der Waals surface area contributed by atoms with E-state index in [1.54, 1.807) is 0 Å². The van der Waals surface area contributed by atoms with Crippen LogP contribution in [0.5, 0.6) is 0 Å². The molecular weight excluding hydrogens is 212 g/mol. The fourth-order valence-corrected chi connectivity index (χ4v) is 2.92. The van der Waals surface area contributed by atoms with Crippen molar-refractivity contribution in [3.63, 3.8) is 0 Å². The summed E-state index contributed by atoms with van der Waals surface area (Å²) in [5.41, 5.74) is 9.88. The summed E-state index contributed by atoms with van der Waals surface area (Å²) >= 11 is 0. The molecule has 4 nitrogen and oxygen atoms in total. The first-order valence-corrected chi connectivity index (χ1v) is 6.41. The molecule has 0 bridgehead atoms. The summed E-state index contributed by atoms with van der Waals surface area (Å²) in [7, 11) is 2.01. The second-order valence-corrected chi connectivity index (χ2v) is 5.48. The zero-order chi connectivity index (χ0) is 12.7. The molecule has 1 aromatic rings. The Kier molecular flexibility index (Phi) is 3.27. The minimum Gasteiger partial charge on any atom is -0.326 e. The molecule has 3 unspecified atom stereocenters. The van der Waals surface area contributed by atoms with Crippen molar-refractivity contribution in [3.8, 4) is 0 Å². The lowest BCUT2D eigenvalue weighted by molar-refractivity contribution is 0.252. The maximum absolute atomic E-state index is 6.10. The quantitative estimate of drug-likeness (QED) is 0.844. The summed E-state index contributed by atoms with van der Waals surface area (Å²) in [6.07, 6.45) is 0. The van der Waals surface area contributed by atoms with E-state index in [1.165, 1.54) is 11.3 Å². The predicted octanol–water partition coefficient (Wildman–Crippen LogP) is 1.38. The van der Waals surface area contributed by atoms with E-state index in [0.717, 1.165) is 18.8 Å². The maximum atomic E-state index is 6.10. The zero-order valence-electron chi connectivity index (χ0n) is 11.6. The van der Waals surface area contributed by atoms with E-state index in [1.807, 2.05) is 11.7 Å². The Morgan fingerprint density at radius 1 is 1.35 bits per heavy atom. The van der Waals surface area contributed by atoms with E-state index in [2.05, 4.69) is 37.7 Å². The zero-order valence-corrected chi connectivity index (χ0v) is 11.6. The first-order valence-electron chi connectivity index (χ1n) is 6.41. The molecule has 0 saturated carbocycles. The highest BCUT2D eigenvalue weighted by Gasteiger charge is 2.32. The van der Waals surface area contributed by atoms with E-state index in [-0.39, 0.29) is 0 Å². The van der Waals surface area contributed by atoms with Crippen LogP contribution in [0.2, 0.25) is 0 Å². The highest BCUT2D eigenvalue weighted by atomic mass is 15.3. The SMILES string of the molecule is Cc1nn(C)c(C)c1C(C)N1CC(C)C(N)C1. The van der Waals surface area contributed by atoms with Gasteiger partial charge in [0.25, 0.3) is 0 Å². The number of rotatable bonds is 2. The van der Waals surface area contributed by atoms with Crippen molar-refractivity contribution < 1.29 is 0 Å². The molecule has 0 aliphatic carbocycles. The van der Waals surface area contributed by atoms with Gasteiger partial charge >= 0.3 is 0 Å². The second-order valence-electron chi connectivity index (χ2n) is 5.48. The molecule has 0 amide bonds. The van der Waals surface area contributed by atoms with Gasteiger partial charge in [0.2, 0.25) is 0 Å². The third kappa shape index (κ3) is 2.11. The summed E-state index contributed by atoms with van der Waals surface area (Å²) in [4.78, 5) is 2.48. The molecule has 2 rings (SSSR count). The van der Waals surface area contributed by atoms with Gasteiger partial charge in [0.05, 0.1) is 5.69 Å². The second kappa shape index (κ2) is 4.42. The Bertz CT molecular complexity index is 400. The van der Waals surface area contributed by atoms with Gasteiger partial charge in [0.15, 0.2) is 0 Å². The third-order valence-corrected chi connectivity index (χ3v) is 4.23. The normalized spacial score (nSPS) is 27.6. The molecule has 1 saturated heterocycles. The lowest BCUT2D eigenvalue weighted by Crippen LogP contribution is -2.30. The largest absolute Gasteiger partial charge is 0.326 e. The first kappa shape index (κ1) is 12.6. The van der Waals surface area contributed by atoms with Crippen LogP contribution in [-0.2, 0) is 7.05 Å². The van der Waals surface area contributed by atoms with E-state index >= 15 is 0 Å². The highest BCUT2D eigenvalue weighted by molar-refractivity contribution is 5.28. The molecule has 0 radical (unpaired) electrons. The minimum atomic E-state index is 0.315. The van der Waals surface area contributed by atoms with Crippen molar-refractivity contribution >= 4 is 0 Å². The minimum absolute atomic E-state index is 0.315. The fourth-order valence-electron chi connectivity index (χ4n) is 2.92. The highest BCUT2D eigenvalue weighted by Crippen LogP contribution is 2.30. The first-order chi connectivity index (χ1) is 7.91. The van der Waals surface area contributed by atoms with Crippen LogP contribution in [-0.4, -0.2) is 33.8 Å². The Hall–Kier alpha value is -0.870. The molecule has 2 N–H and O–H groups in total. The van der Waals surface area contributed by atoms with Crippen LogP contribution >= 0.6 is 0 Å². The van der Waals surface area contributed by atoms with Gasteiger partial charge in [-0.15, -0.1) is 0 Å². The lowest BCUT2D eigenvalue weighted by Gasteiger charge is -2.24. The number of hydrogen-bond donors (Lipinski definition) is 1. The monoisotopic (exact) mass is 236 g/mol. The molecule has 3 atom stereocenters. The third-order valence-electron chi connectivity index (χ3n) is 4.23. The van der Waals surface area contributed by atoms with E-state index in [4.69, 9.17) is 5.73 Å². The standard InChI is InChI=1S/C13H24N4/c1-8-6-17(7-12(8)14)11(4)13-9(2)15-16(5)10(13)3/h8,11-12H,6-7,14H2,1-5H3. The van der Waals surface area contributed by atoms with Crippen molar-refractivity contribution in [2.75, 3.05) is 13.1 Å². The van der Waals surface area contributed by atoms with Gasteiger partial charge in [-0.2, -0.15) is 5.10 Å². The molecule has 1 aromatic heterocycles. The molecule has 1 aliphatic rings. The van der Waals surface area contributed by atoms with Gasteiger partial charge in [0, 0.05) is 43.5 Å². The van der Waals surface area contributed by atoms with Crippen LogP contribution in [0.25, 0.3) is 0 Å². The van der Waals surface area contributed by atoms with Crippen LogP contribution in [0, 0.1) is 19.8 Å². The summed E-state index contributed by atoms with van der Waals surface area (Å²) in [5.74, 6) is 0.592. The topological polar surface area (TPSA) is 47.1 Å². The van der Waals surface area contributed by atoms with E-state index in [9.17, 15) is 0 Å². The van der Waals surface area contributed by atoms with Crippen LogP contribution in [0.15, 0.2) is 0 Å². The van der Waals surface area contributed by atoms with Crippen LogP contribution in [0.1, 0.15) is 36.8 Å². The molecule has 96 valence electrons. The van der Waals surface area contributed by atoms with Crippen molar-refractivity contribution in [2.24, 2.45) is 18.7 Å². The molecular formula is C13H24N4. The number of nitrogens with two attached hydrogens (primary N) is 1. The van der Waals surface area contributed by atoms with Gasteiger partial charge < -0.3 is 5.73 Å². The molecule has 1 aliphatic heterocycles. The summed E-state index contributed by atoms with van der Waals surface area (Å²) < 4.78 is 1.97. The number of aryl methyl sites for hydroxylation is 2. The van der Waals surface area contributed by atoms with Crippen molar-refractivity contribution in [1.29, 1.82) is 0 Å². The van der Waals surface area contributed by atoms with Crippen molar-refractivity contribution in [3.05, 3.63) is 17.0 Å². The Labute approximate surface area is 104 Å². The van der Waals surface area contributed by atoms with Crippen LogP contribution < -0.4 is 5.73 Å². The average molecular weight is 236 g/mol. The Morgan fingerprint density at radius 2 is 2.00 bits per heavy atom. The average Bonchev–Trinajstić information content (AvgIpc) is 2.70. The Morgan fingerprint density at radius 3 is 2.41 bits per heavy atom. The van der Waals surface area contributed by atoms with E-state index in [0.29, 0.717) is 18.0 Å². The fraction of sp³-hybridized carbons (Fsp3) is 0.769. The molecule has 4 heteroatoms. The van der Waals surface area contributed by atoms with Gasteiger partial charge in [-0.25, -0.2) is 0 Å². The van der Waals surface area contributed by atoms with Crippen molar-refractivity contribution in [1.82, 2.24) is 14.7 Å². The molecule has 2 heterocycles. The summed E-state index contributed by atoms with van der Waals surface area (Å²) in [6.45, 7) is 10.8. The summed E-state index contributed by atoms with van der Waals surface area (Å²) in [6, 6.07) is 0.731.